The number of halogens is 8. The van der Waals surface area contributed by atoms with Crippen molar-refractivity contribution in [3.63, 3.8) is 0 Å². The van der Waals surface area contributed by atoms with Crippen molar-refractivity contribution in [3.05, 3.63) is 29.7 Å². The number of nitrogens with one attached hydrogen (secondary N) is 4. The van der Waals surface area contributed by atoms with Crippen molar-refractivity contribution in [3.8, 4) is 0 Å². The van der Waals surface area contributed by atoms with Crippen molar-refractivity contribution in [2.75, 3.05) is 5.32 Å². The van der Waals surface area contributed by atoms with E-state index in [1.807, 2.05) is 0 Å². The monoisotopic (exact) mass is 642 g/mol. The Kier molecular flexibility index (Phi) is 11.0. The Morgan fingerprint density at radius 3 is 2.41 bits per heavy atom. The van der Waals surface area contributed by atoms with E-state index < -0.39 is 91.6 Å². The van der Waals surface area contributed by atoms with Crippen molar-refractivity contribution in [2.24, 2.45) is 5.92 Å². The predicted octanol–water partition coefficient (Wildman–Crippen LogP) is 3.60. The maximum absolute atomic E-state index is 14.9. The van der Waals surface area contributed by atoms with Gasteiger partial charge in [0.1, 0.15) is 30.0 Å². The highest BCUT2D eigenvalue weighted by molar-refractivity contribution is 6.02. The molecule has 0 saturated heterocycles. The Morgan fingerprint density at radius 1 is 1.18 bits per heavy atom. The van der Waals surface area contributed by atoms with Gasteiger partial charge in [-0.2, -0.15) is 17.6 Å². The van der Waals surface area contributed by atoms with Crippen LogP contribution in [0.4, 0.5) is 40.8 Å². The van der Waals surface area contributed by atoms with E-state index >= 15 is 0 Å². The van der Waals surface area contributed by atoms with Gasteiger partial charge in [-0.25, -0.2) is 22.2 Å². The molecule has 1 unspecified atom stereocenters. The summed E-state index contributed by atoms with van der Waals surface area (Å²) in [7, 11) is 0. The molecule has 0 aromatic carbocycles. The first-order valence-electron chi connectivity index (χ1n) is 13.3. The van der Waals surface area contributed by atoms with Crippen LogP contribution in [0.3, 0.4) is 0 Å². The molecule has 2 atom stereocenters. The maximum atomic E-state index is 14.9. The molecule has 1 aliphatic rings. The molecule has 0 spiro atoms. The minimum absolute atomic E-state index is 0.112. The average Bonchev–Trinajstić information content (AvgIpc) is 3.50. The standard InChI is InChI=1S/C24H30F8N10O2/c1-12(2)34-14(5-8-33)21(43)36-18(13-3-6-23(28,29)7-4-13)22(44)35-15-10-41(38-19(15)27)16(9-17(25)26)20-37-39-40-42(20)11-24(30,31)32/h5,8,10,12-13,16-18,33-34H,3-4,6-7,9,11H2,1-2H3,(H,35,44)(H,36,43)/b14-5-,33-8?/t16?,18-/m0/s1. The first-order chi connectivity index (χ1) is 20.5. The Hall–Kier alpha value is -4.13. The van der Waals surface area contributed by atoms with Crippen LogP contribution in [0.2, 0.25) is 0 Å². The van der Waals surface area contributed by atoms with Crippen molar-refractivity contribution in [2.45, 2.75) is 89.1 Å². The van der Waals surface area contributed by atoms with Crippen LogP contribution in [0.15, 0.2) is 18.0 Å². The molecule has 44 heavy (non-hydrogen) atoms. The van der Waals surface area contributed by atoms with E-state index in [1.54, 1.807) is 13.8 Å². The van der Waals surface area contributed by atoms with Crippen LogP contribution in [0, 0.1) is 17.3 Å². The van der Waals surface area contributed by atoms with E-state index in [0.717, 1.165) is 18.5 Å². The summed E-state index contributed by atoms with van der Waals surface area (Å²) in [4.78, 5) is 26.4. The third-order valence-electron chi connectivity index (χ3n) is 6.59. The zero-order valence-corrected chi connectivity index (χ0v) is 23.4. The van der Waals surface area contributed by atoms with Gasteiger partial charge >= 0.3 is 6.18 Å². The third kappa shape index (κ3) is 9.43. The molecular weight excluding hydrogens is 612 g/mol. The van der Waals surface area contributed by atoms with Crippen LogP contribution in [0.5, 0.6) is 0 Å². The lowest BCUT2D eigenvalue weighted by Gasteiger charge is -2.33. The number of aromatic nitrogens is 6. The van der Waals surface area contributed by atoms with Gasteiger partial charge in [0, 0.05) is 31.5 Å². The number of anilines is 1. The van der Waals surface area contributed by atoms with Crippen LogP contribution < -0.4 is 16.0 Å². The third-order valence-corrected chi connectivity index (χ3v) is 6.59. The molecule has 0 aliphatic heterocycles. The molecule has 0 radical (unpaired) electrons. The van der Waals surface area contributed by atoms with Crippen molar-refractivity contribution in [1.82, 2.24) is 40.6 Å². The van der Waals surface area contributed by atoms with Gasteiger partial charge in [0.15, 0.2) is 5.82 Å². The number of allylic oxidation sites excluding steroid dienone is 1. The number of hydrogen-bond acceptors (Lipinski definition) is 8. The second kappa shape index (κ2) is 14.1. The molecule has 3 rings (SSSR count). The number of amides is 2. The quantitative estimate of drug-likeness (QED) is 0.148. The molecule has 2 amide bonds. The van der Waals surface area contributed by atoms with E-state index in [1.165, 1.54) is 0 Å². The van der Waals surface area contributed by atoms with Gasteiger partial charge in [-0.15, -0.1) is 10.2 Å². The Labute approximate surface area is 245 Å². The molecule has 2 heterocycles. The number of rotatable bonds is 13. The number of alkyl halides is 7. The number of hydrogen-bond donors (Lipinski definition) is 4. The van der Waals surface area contributed by atoms with Gasteiger partial charge in [0.2, 0.25) is 18.3 Å². The van der Waals surface area contributed by atoms with Crippen molar-refractivity contribution >= 4 is 23.7 Å². The van der Waals surface area contributed by atoms with E-state index in [0.29, 0.717) is 4.68 Å². The second-order valence-electron chi connectivity index (χ2n) is 10.4. The smallest absolute Gasteiger partial charge is 0.378 e. The van der Waals surface area contributed by atoms with Crippen molar-refractivity contribution in [1.29, 1.82) is 5.41 Å². The van der Waals surface area contributed by atoms with Gasteiger partial charge in [0.05, 0.1) is 6.20 Å². The number of carbonyl (C=O) groups is 2. The normalized spacial score (nSPS) is 17.4. The minimum atomic E-state index is -4.82. The molecule has 20 heteroatoms. The van der Waals surface area contributed by atoms with Crippen LogP contribution in [-0.2, 0) is 16.1 Å². The zero-order valence-electron chi connectivity index (χ0n) is 23.4. The molecule has 244 valence electrons. The molecule has 1 saturated carbocycles. The number of tetrazole rings is 1. The summed E-state index contributed by atoms with van der Waals surface area (Å²) >= 11 is 0. The lowest BCUT2D eigenvalue weighted by atomic mass is 9.81. The lowest BCUT2D eigenvalue weighted by Crippen LogP contribution is -2.51. The fraction of sp³-hybridized carbons (Fsp3) is 0.625. The highest BCUT2D eigenvalue weighted by Gasteiger charge is 2.41. The fourth-order valence-electron chi connectivity index (χ4n) is 4.65. The molecule has 1 fully saturated rings. The van der Waals surface area contributed by atoms with Gasteiger partial charge < -0.3 is 21.4 Å². The number of carbonyl (C=O) groups excluding carboxylic acids is 2. The molecule has 1 aliphatic carbocycles. The summed E-state index contributed by atoms with van der Waals surface area (Å²) in [6, 6.07) is -3.55. The van der Waals surface area contributed by atoms with E-state index in [2.05, 4.69) is 36.6 Å². The summed E-state index contributed by atoms with van der Waals surface area (Å²) in [5.41, 5.74) is -0.806. The largest absolute Gasteiger partial charge is 0.408 e. The van der Waals surface area contributed by atoms with Crippen LogP contribution in [0.25, 0.3) is 0 Å². The molecule has 2 aromatic rings. The highest BCUT2D eigenvalue weighted by Crippen LogP contribution is 2.38. The summed E-state index contributed by atoms with van der Waals surface area (Å²) in [5, 5.41) is 27.7. The Balaban J connectivity index is 1.91. The lowest BCUT2D eigenvalue weighted by molar-refractivity contribution is -0.143. The minimum Gasteiger partial charge on any atom is -0.378 e. The summed E-state index contributed by atoms with van der Waals surface area (Å²) in [6.07, 6.45) is -8.00. The Morgan fingerprint density at radius 2 is 1.84 bits per heavy atom. The van der Waals surface area contributed by atoms with E-state index in [9.17, 15) is 44.7 Å². The molecule has 4 N–H and O–H groups in total. The molecule has 12 nitrogen and oxygen atoms in total. The SMILES string of the molecule is CC(C)N/C(=C\C=N)C(=O)N[C@H](C(=O)Nc1cn(C(CC(F)F)c2nnnn2CC(F)(F)F)nc1F)C1CCC(F)(F)CC1. The zero-order chi connectivity index (χ0) is 32.8. The summed E-state index contributed by atoms with van der Waals surface area (Å²) in [5.74, 6) is -7.85. The van der Waals surface area contributed by atoms with Gasteiger partial charge in [0.25, 0.3) is 11.9 Å². The summed E-state index contributed by atoms with van der Waals surface area (Å²) in [6.45, 7) is 1.66. The molecule has 0 bridgehead atoms. The van der Waals surface area contributed by atoms with E-state index in [4.69, 9.17) is 5.41 Å². The Bertz CT molecular complexity index is 1330. The van der Waals surface area contributed by atoms with Crippen molar-refractivity contribution < 1.29 is 44.7 Å². The van der Waals surface area contributed by atoms with Crippen LogP contribution >= 0.6 is 0 Å². The average molecular weight is 643 g/mol. The predicted molar refractivity (Wildman–Crippen MR) is 137 cm³/mol. The van der Waals surface area contributed by atoms with E-state index in [-0.39, 0.29) is 29.3 Å². The first kappa shape index (κ1) is 34.4. The first-order valence-corrected chi connectivity index (χ1v) is 13.3. The van der Waals surface area contributed by atoms with Crippen LogP contribution in [-0.4, -0.2) is 78.6 Å². The fourth-order valence-corrected chi connectivity index (χ4v) is 4.65. The highest BCUT2D eigenvalue weighted by atomic mass is 19.4. The molecule has 2 aromatic heterocycles. The number of nitrogens with zero attached hydrogens (tertiary/aromatic N) is 6. The van der Waals surface area contributed by atoms with Gasteiger partial charge in [-0.3, -0.25) is 14.3 Å². The summed E-state index contributed by atoms with van der Waals surface area (Å²) < 4.78 is 109. The molecular formula is C24H30F8N10O2. The van der Waals surface area contributed by atoms with Crippen LogP contribution in [0.1, 0.15) is 57.8 Å². The van der Waals surface area contributed by atoms with Gasteiger partial charge in [-0.05, 0) is 49.1 Å². The topological polar surface area (TPSA) is 156 Å². The maximum Gasteiger partial charge on any atom is 0.408 e. The van der Waals surface area contributed by atoms with Gasteiger partial charge in [-0.1, -0.05) is 0 Å². The second-order valence-corrected chi connectivity index (χ2v) is 10.4.